The van der Waals surface area contributed by atoms with E-state index < -0.39 is 45.2 Å². The summed E-state index contributed by atoms with van der Waals surface area (Å²) in [5, 5.41) is 10.3. The molecule has 40 heavy (non-hydrogen) atoms. The van der Waals surface area contributed by atoms with Crippen LogP contribution in [0.4, 0.5) is 5.69 Å². The predicted octanol–water partition coefficient (Wildman–Crippen LogP) is 5.08. The largest absolute Gasteiger partial charge is 0.504 e. The SMILES string of the molecule is COc1cc([C@H]2C3=CC[C@@H]4C(=O)N(c5ccc(Br)cc5)C(=O)[C@@H]4[C@@H]3C[C@@]3(Cl)C(=O)N(CBr)C(=O)[C@@]23Cl)ccc1O. The number of rotatable bonds is 4. The fraction of sp³-hybridized carbons (Fsp3) is 0.357. The van der Waals surface area contributed by atoms with E-state index in [0.717, 1.165) is 9.37 Å². The minimum Gasteiger partial charge on any atom is -0.504 e. The van der Waals surface area contributed by atoms with Crippen molar-refractivity contribution in [1.29, 1.82) is 0 Å². The molecule has 1 saturated carbocycles. The van der Waals surface area contributed by atoms with Crippen LogP contribution in [-0.4, -0.2) is 55.9 Å². The molecule has 8 nitrogen and oxygen atoms in total. The van der Waals surface area contributed by atoms with E-state index in [2.05, 4.69) is 31.9 Å². The Labute approximate surface area is 256 Å². The normalized spacial score (nSPS) is 33.1. The number of anilines is 1. The summed E-state index contributed by atoms with van der Waals surface area (Å²) in [6.45, 7) is 0. The number of fused-ring (bicyclic) bond motifs is 4. The van der Waals surface area contributed by atoms with Gasteiger partial charge in [0.05, 0.1) is 30.1 Å². The Hall–Kier alpha value is -2.40. The van der Waals surface area contributed by atoms with Gasteiger partial charge in [-0.05, 0) is 60.7 Å². The molecule has 0 spiro atoms. The molecule has 2 aliphatic heterocycles. The highest BCUT2D eigenvalue weighted by Crippen LogP contribution is 2.65. The number of hydrogen-bond donors (Lipinski definition) is 1. The second-order valence-electron chi connectivity index (χ2n) is 10.4. The van der Waals surface area contributed by atoms with Gasteiger partial charge in [-0.2, -0.15) is 0 Å². The third kappa shape index (κ3) is 3.55. The van der Waals surface area contributed by atoms with Crippen molar-refractivity contribution in [1.82, 2.24) is 4.90 Å². The summed E-state index contributed by atoms with van der Waals surface area (Å²) >= 11 is 21.0. The van der Waals surface area contributed by atoms with Crippen molar-refractivity contribution in [3.63, 3.8) is 0 Å². The van der Waals surface area contributed by atoms with Gasteiger partial charge < -0.3 is 9.84 Å². The van der Waals surface area contributed by atoms with Gasteiger partial charge in [0.25, 0.3) is 11.8 Å². The van der Waals surface area contributed by atoms with Crippen LogP contribution < -0.4 is 9.64 Å². The van der Waals surface area contributed by atoms with Crippen LogP contribution in [0, 0.1) is 17.8 Å². The van der Waals surface area contributed by atoms with Crippen molar-refractivity contribution < 1.29 is 29.0 Å². The van der Waals surface area contributed by atoms with Crippen molar-refractivity contribution in [3.8, 4) is 11.5 Å². The summed E-state index contributed by atoms with van der Waals surface area (Å²) in [7, 11) is 1.39. The molecule has 0 aromatic heterocycles. The second kappa shape index (κ2) is 9.58. The lowest BCUT2D eigenvalue weighted by Crippen LogP contribution is -2.60. The van der Waals surface area contributed by atoms with Gasteiger partial charge >= 0.3 is 0 Å². The number of ether oxygens (including phenoxy) is 1. The zero-order valence-corrected chi connectivity index (χ0v) is 25.6. The van der Waals surface area contributed by atoms with Gasteiger partial charge in [-0.1, -0.05) is 49.6 Å². The standard InChI is InChI=1S/C28H22Br2Cl2N2O6/c1-40-20-10-13(2-9-19(20)35)22-16-7-8-17-21(24(37)34(23(17)36)15-5-3-14(30)4-6-15)18(16)11-27(31)25(38)33(12-29)26(39)28(22,27)32/h2-7,9-10,17-18,21-22,35H,8,11-12H2,1H3/t17-,18+,21-,22-,27+,28-/m0/s1. The van der Waals surface area contributed by atoms with Crippen LogP contribution in [0.3, 0.4) is 0 Å². The first-order chi connectivity index (χ1) is 19.0. The van der Waals surface area contributed by atoms with Gasteiger partial charge in [0, 0.05) is 10.4 Å². The number of halogens is 4. The molecule has 1 N–H and O–H groups in total. The highest BCUT2D eigenvalue weighted by atomic mass is 79.9. The molecule has 0 unspecified atom stereocenters. The molecule has 2 saturated heterocycles. The fourth-order valence-electron chi connectivity index (χ4n) is 6.85. The second-order valence-corrected chi connectivity index (χ2v) is 13.1. The summed E-state index contributed by atoms with van der Waals surface area (Å²) in [4.78, 5) is 53.5. The van der Waals surface area contributed by atoms with E-state index in [9.17, 15) is 24.3 Å². The van der Waals surface area contributed by atoms with E-state index in [1.807, 2.05) is 6.08 Å². The van der Waals surface area contributed by atoms with Crippen LogP contribution >= 0.6 is 55.1 Å². The van der Waals surface area contributed by atoms with E-state index in [1.165, 1.54) is 18.1 Å². The summed E-state index contributed by atoms with van der Waals surface area (Å²) in [5.41, 5.74) is 1.50. The number of aromatic hydroxyl groups is 1. The maximum Gasteiger partial charge on any atom is 0.254 e. The van der Waals surface area contributed by atoms with Crippen molar-refractivity contribution in [2.24, 2.45) is 17.8 Å². The summed E-state index contributed by atoms with van der Waals surface area (Å²) in [6, 6.07) is 11.5. The molecule has 6 rings (SSSR count). The van der Waals surface area contributed by atoms with Gasteiger partial charge in [-0.3, -0.25) is 29.0 Å². The molecule has 0 radical (unpaired) electrons. The number of likely N-dealkylation sites (tertiary alicyclic amines) is 1. The van der Waals surface area contributed by atoms with E-state index in [-0.39, 0.29) is 41.6 Å². The number of carbonyl (C=O) groups excluding carboxylic acids is 4. The Morgan fingerprint density at radius 1 is 1.02 bits per heavy atom. The Bertz CT molecular complexity index is 1520. The number of amides is 4. The lowest BCUT2D eigenvalue weighted by atomic mass is 9.56. The van der Waals surface area contributed by atoms with E-state index in [4.69, 9.17) is 27.9 Å². The number of benzene rings is 2. The fourth-order valence-corrected chi connectivity index (χ4v) is 8.54. The molecule has 2 aromatic carbocycles. The lowest BCUT2D eigenvalue weighted by molar-refractivity contribution is -0.138. The topological polar surface area (TPSA) is 104 Å². The Morgan fingerprint density at radius 2 is 1.73 bits per heavy atom. The highest BCUT2D eigenvalue weighted by Gasteiger charge is 2.76. The first kappa shape index (κ1) is 27.8. The monoisotopic (exact) mass is 710 g/mol. The molecule has 4 amide bonds. The van der Waals surface area contributed by atoms with Crippen molar-refractivity contribution in [2.75, 3.05) is 17.5 Å². The average Bonchev–Trinajstić information content (AvgIpc) is 3.27. The highest BCUT2D eigenvalue weighted by molar-refractivity contribution is 9.10. The van der Waals surface area contributed by atoms with Crippen LogP contribution in [0.25, 0.3) is 0 Å². The molecule has 3 fully saturated rings. The van der Waals surface area contributed by atoms with Crippen molar-refractivity contribution >= 4 is 84.4 Å². The third-order valence-corrected chi connectivity index (χ3v) is 11.1. The molecular formula is C28H22Br2Cl2N2O6. The van der Waals surface area contributed by atoms with Gasteiger partial charge in [0.1, 0.15) is 0 Å². The molecule has 6 atom stereocenters. The predicted molar refractivity (Wildman–Crippen MR) is 155 cm³/mol. The third-order valence-electron chi connectivity index (χ3n) is 8.64. The molecule has 2 aromatic rings. The van der Waals surface area contributed by atoms with Crippen molar-refractivity contribution in [3.05, 3.63) is 64.1 Å². The van der Waals surface area contributed by atoms with E-state index >= 15 is 0 Å². The number of carbonyl (C=O) groups is 4. The quantitative estimate of drug-likeness (QED) is 0.205. The molecule has 12 heteroatoms. The maximum absolute atomic E-state index is 14.0. The number of imide groups is 2. The summed E-state index contributed by atoms with van der Waals surface area (Å²) < 4.78 is 6.13. The molecule has 208 valence electrons. The molecular weight excluding hydrogens is 691 g/mol. The maximum atomic E-state index is 14.0. The number of alkyl halides is 3. The molecule has 4 aliphatic rings. The first-order valence-electron chi connectivity index (χ1n) is 12.5. The average molecular weight is 713 g/mol. The molecule has 2 heterocycles. The summed E-state index contributed by atoms with van der Waals surface area (Å²) in [6.07, 6.45) is 2.02. The Kier molecular flexibility index (Phi) is 6.64. The molecule has 0 bridgehead atoms. The Morgan fingerprint density at radius 3 is 2.38 bits per heavy atom. The van der Waals surface area contributed by atoms with Crippen LogP contribution in [0.2, 0.25) is 0 Å². The van der Waals surface area contributed by atoms with Gasteiger partial charge in [0.15, 0.2) is 21.2 Å². The number of allylic oxidation sites excluding steroid dienone is 2. The minimum atomic E-state index is -1.92. The number of phenolic OH excluding ortho intramolecular Hbond substituents is 1. The number of methoxy groups -OCH3 is 1. The lowest BCUT2D eigenvalue weighted by Gasteiger charge is -2.50. The number of hydrogen-bond acceptors (Lipinski definition) is 6. The minimum absolute atomic E-state index is 0.0992. The van der Waals surface area contributed by atoms with E-state index in [1.54, 1.807) is 36.4 Å². The van der Waals surface area contributed by atoms with Crippen LogP contribution in [-0.2, 0) is 19.2 Å². The van der Waals surface area contributed by atoms with Crippen molar-refractivity contribution in [2.45, 2.75) is 28.5 Å². The smallest absolute Gasteiger partial charge is 0.254 e. The molecule has 2 aliphatic carbocycles. The Balaban J connectivity index is 1.52. The first-order valence-corrected chi connectivity index (χ1v) is 15.2. The number of nitrogens with zero attached hydrogens (tertiary/aromatic N) is 2. The van der Waals surface area contributed by atoms with Crippen LogP contribution in [0.5, 0.6) is 11.5 Å². The van der Waals surface area contributed by atoms with Crippen LogP contribution in [0.15, 0.2) is 58.6 Å². The van der Waals surface area contributed by atoms with Gasteiger partial charge in [-0.25, -0.2) is 0 Å². The van der Waals surface area contributed by atoms with Crippen LogP contribution in [0.1, 0.15) is 24.3 Å². The zero-order valence-electron chi connectivity index (χ0n) is 20.9. The van der Waals surface area contributed by atoms with Gasteiger partial charge in [-0.15, -0.1) is 23.2 Å². The zero-order chi connectivity index (χ0) is 28.7. The summed E-state index contributed by atoms with van der Waals surface area (Å²) in [5.74, 6) is -5.02. The number of phenols is 1. The van der Waals surface area contributed by atoms with Gasteiger partial charge in [0.2, 0.25) is 11.8 Å². The van der Waals surface area contributed by atoms with E-state index in [0.29, 0.717) is 16.8 Å².